The average molecular weight is 405 g/mol. The maximum atomic E-state index is 13.5. The van der Waals surface area contributed by atoms with E-state index >= 15 is 0 Å². The van der Waals surface area contributed by atoms with Gasteiger partial charge in [-0.25, -0.2) is 9.37 Å². The van der Waals surface area contributed by atoms with Crippen LogP contribution < -0.4 is 0 Å². The lowest BCUT2D eigenvalue weighted by molar-refractivity contribution is 0.0774. The molecule has 1 atom stereocenters. The molecular weight excluding hydrogens is 394 g/mol. The van der Waals surface area contributed by atoms with E-state index in [1.807, 2.05) is 0 Å². The number of hydrogen-bond donors (Lipinski definition) is 0. The van der Waals surface area contributed by atoms with E-state index in [0.717, 1.165) is 6.07 Å². The van der Waals surface area contributed by atoms with Crippen LogP contribution in [0.2, 0.25) is 10.0 Å². The van der Waals surface area contributed by atoms with Gasteiger partial charge in [0, 0.05) is 18.6 Å². The molecule has 2 aromatic heterocycles. The highest BCUT2D eigenvalue weighted by Gasteiger charge is 2.31. The topological polar surface area (TPSA) is 76.8 Å². The quantitative estimate of drug-likeness (QED) is 0.608. The zero-order valence-electron chi connectivity index (χ0n) is 13.8. The highest BCUT2D eigenvalue weighted by atomic mass is 35.5. The number of amides is 1. The van der Waals surface area contributed by atoms with Crippen LogP contribution in [0, 0.1) is 5.82 Å². The van der Waals surface area contributed by atoms with E-state index in [9.17, 15) is 9.18 Å². The number of carbonyl (C=O) groups is 1. The minimum absolute atomic E-state index is 0.101. The summed E-state index contributed by atoms with van der Waals surface area (Å²) >= 11 is 11.9. The molecule has 1 aliphatic heterocycles. The van der Waals surface area contributed by atoms with Crippen molar-refractivity contribution in [2.24, 2.45) is 0 Å². The molecule has 1 unspecified atom stereocenters. The second-order valence-electron chi connectivity index (χ2n) is 5.76. The number of fused-ring (bicyclic) bond motifs is 1. The Kier molecular flexibility index (Phi) is 4.37. The maximum Gasteiger partial charge on any atom is 0.259 e. The van der Waals surface area contributed by atoms with Gasteiger partial charge in [0.25, 0.3) is 5.91 Å². The third kappa shape index (κ3) is 2.87. The van der Waals surface area contributed by atoms with Crippen LogP contribution in [-0.4, -0.2) is 35.8 Å². The second kappa shape index (κ2) is 6.71. The fourth-order valence-corrected chi connectivity index (χ4v) is 3.21. The summed E-state index contributed by atoms with van der Waals surface area (Å²) in [4.78, 5) is 22.6. The molecule has 0 fully saturated rings. The average Bonchev–Trinajstić information content (AvgIpc) is 3.12. The van der Waals surface area contributed by atoms with Crippen LogP contribution in [-0.2, 0) is 0 Å². The first-order valence-electron chi connectivity index (χ1n) is 7.85. The van der Waals surface area contributed by atoms with Crippen molar-refractivity contribution in [3.05, 3.63) is 69.7 Å². The van der Waals surface area contributed by atoms with Gasteiger partial charge in [-0.15, -0.1) is 5.10 Å². The number of carbonyl (C=O) groups excluding carboxylic acids is 1. The molecule has 3 heterocycles. The van der Waals surface area contributed by atoms with Gasteiger partial charge < -0.3 is 4.90 Å². The summed E-state index contributed by atoms with van der Waals surface area (Å²) < 4.78 is 15.1. The monoisotopic (exact) mass is 404 g/mol. The molecule has 1 aliphatic rings. The summed E-state index contributed by atoms with van der Waals surface area (Å²) in [6.45, 7) is 1.80. The third-order valence-electron chi connectivity index (χ3n) is 4.21. The van der Waals surface area contributed by atoms with Gasteiger partial charge in [0.05, 0.1) is 33.5 Å². The zero-order valence-corrected chi connectivity index (χ0v) is 15.4. The molecule has 1 aromatic carbocycles. The highest BCUT2D eigenvalue weighted by molar-refractivity contribution is 6.44. The third-order valence-corrected chi connectivity index (χ3v) is 5.06. The Bertz CT molecular complexity index is 1070. The van der Waals surface area contributed by atoms with Crippen molar-refractivity contribution in [3.63, 3.8) is 0 Å². The molecule has 3 aromatic rings. The standard InChI is InChI=1S/C17H11Cl2FN6O/c1-9-16-12(26(24-23-16)13-8-21-5-6-22-13)4-7-25(9)17(27)10-2-3-11(20)15(19)14(10)18/h2-9H,1H3. The number of aromatic nitrogens is 5. The Balaban J connectivity index is 1.70. The maximum absolute atomic E-state index is 13.5. The first-order valence-corrected chi connectivity index (χ1v) is 8.61. The van der Waals surface area contributed by atoms with Crippen molar-refractivity contribution in [2.45, 2.75) is 13.0 Å². The van der Waals surface area contributed by atoms with Crippen molar-refractivity contribution < 1.29 is 9.18 Å². The molecule has 0 radical (unpaired) electrons. The van der Waals surface area contributed by atoms with Crippen molar-refractivity contribution >= 4 is 35.2 Å². The fourth-order valence-electron chi connectivity index (χ4n) is 2.81. The summed E-state index contributed by atoms with van der Waals surface area (Å²) in [5.41, 5.74) is 1.38. The molecule has 0 aliphatic carbocycles. The minimum Gasteiger partial charge on any atom is -0.306 e. The van der Waals surface area contributed by atoms with Gasteiger partial charge in [-0.1, -0.05) is 28.4 Å². The van der Waals surface area contributed by atoms with Gasteiger partial charge in [-0.05, 0) is 25.1 Å². The first kappa shape index (κ1) is 17.6. The number of rotatable bonds is 2. The molecule has 1 amide bonds. The Morgan fingerprint density at radius 1 is 1.22 bits per heavy atom. The Hall–Kier alpha value is -2.84. The molecule has 0 bridgehead atoms. The molecular formula is C17H11Cl2FN6O. The van der Waals surface area contributed by atoms with Crippen LogP contribution >= 0.6 is 23.2 Å². The normalized spacial score (nSPS) is 15.7. The summed E-state index contributed by atoms with van der Waals surface area (Å²) in [6.07, 6.45) is 7.96. The smallest absolute Gasteiger partial charge is 0.259 e. The molecule has 0 spiro atoms. The van der Waals surface area contributed by atoms with E-state index in [4.69, 9.17) is 23.2 Å². The Labute approximate surface area is 163 Å². The molecule has 7 nitrogen and oxygen atoms in total. The molecule has 4 rings (SSSR count). The van der Waals surface area contributed by atoms with Crippen LogP contribution in [0.1, 0.15) is 34.7 Å². The summed E-state index contributed by atoms with van der Waals surface area (Å²) in [6, 6.07) is 1.98. The lowest BCUT2D eigenvalue weighted by Crippen LogP contribution is -2.31. The zero-order chi connectivity index (χ0) is 19.1. The second-order valence-corrected chi connectivity index (χ2v) is 6.52. The summed E-state index contributed by atoms with van der Waals surface area (Å²) in [5, 5.41) is 7.87. The van der Waals surface area contributed by atoms with Gasteiger partial charge in [-0.2, -0.15) is 4.68 Å². The van der Waals surface area contributed by atoms with E-state index < -0.39 is 17.8 Å². The Morgan fingerprint density at radius 3 is 2.78 bits per heavy atom. The lowest BCUT2D eigenvalue weighted by Gasteiger charge is -2.28. The van der Waals surface area contributed by atoms with E-state index in [1.165, 1.54) is 11.0 Å². The molecule has 0 N–H and O–H groups in total. The number of benzene rings is 1. The van der Waals surface area contributed by atoms with E-state index in [-0.39, 0.29) is 15.6 Å². The summed E-state index contributed by atoms with van der Waals surface area (Å²) in [5.74, 6) is -0.601. The van der Waals surface area contributed by atoms with Gasteiger partial charge in [-0.3, -0.25) is 9.78 Å². The highest BCUT2D eigenvalue weighted by Crippen LogP contribution is 2.34. The minimum atomic E-state index is -0.686. The summed E-state index contributed by atoms with van der Waals surface area (Å²) in [7, 11) is 0. The van der Waals surface area contributed by atoms with Crippen LogP contribution in [0.5, 0.6) is 0 Å². The predicted octanol–water partition coefficient (Wildman–Crippen LogP) is 3.69. The molecule has 27 heavy (non-hydrogen) atoms. The number of hydrogen-bond acceptors (Lipinski definition) is 5. The van der Waals surface area contributed by atoms with Crippen molar-refractivity contribution in [2.75, 3.05) is 0 Å². The predicted molar refractivity (Wildman–Crippen MR) is 97.0 cm³/mol. The van der Waals surface area contributed by atoms with Crippen molar-refractivity contribution in [3.8, 4) is 5.82 Å². The molecule has 136 valence electrons. The Morgan fingerprint density at radius 2 is 2.04 bits per heavy atom. The lowest BCUT2D eigenvalue weighted by atomic mass is 10.1. The van der Waals surface area contributed by atoms with Crippen LogP contribution in [0.15, 0.2) is 36.9 Å². The molecule has 0 saturated heterocycles. The van der Waals surface area contributed by atoms with Crippen molar-refractivity contribution in [1.29, 1.82) is 0 Å². The van der Waals surface area contributed by atoms with Gasteiger partial charge in [0.1, 0.15) is 11.5 Å². The van der Waals surface area contributed by atoms with Crippen LogP contribution in [0.4, 0.5) is 4.39 Å². The number of halogens is 3. The SMILES string of the molecule is CC1c2nnn(-c3cnccn3)c2C=CN1C(=O)c1ccc(F)c(Cl)c1Cl. The molecule has 10 heteroatoms. The van der Waals surface area contributed by atoms with E-state index in [2.05, 4.69) is 20.3 Å². The fraction of sp³-hybridized carbons (Fsp3) is 0.118. The largest absolute Gasteiger partial charge is 0.306 e. The van der Waals surface area contributed by atoms with E-state index in [1.54, 1.807) is 42.5 Å². The first-order chi connectivity index (χ1) is 13.0. The van der Waals surface area contributed by atoms with Crippen molar-refractivity contribution in [1.82, 2.24) is 29.9 Å². The van der Waals surface area contributed by atoms with E-state index in [0.29, 0.717) is 17.2 Å². The number of nitrogens with zero attached hydrogens (tertiary/aromatic N) is 6. The van der Waals surface area contributed by atoms with Gasteiger partial charge >= 0.3 is 0 Å². The van der Waals surface area contributed by atoms with Gasteiger partial charge in [0.15, 0.2) is 5.82 Å². The van der Waals surface area contributed by atoms with Crippen LogP contribution in [0.25, 0.3) is 11.9 Å². The molecule has 0 saturated carbocycles. The van der Waals surface area contributed by atoms with Crippen LogP contribution in [0.3, 0.4) is 0 Å². The van der Waals surface area contributed by atoms with Gasteiger partial charge in [0.2, 0.25) is 0 Å².